The number of ether oxygens (including phenoxy) is 2. The lowest BCUT2D eigenvalue weighted by atomic mass is 10.0. The zero-order chi connectivity index (χ0) is 27.9. The van der Waals surface area contributed by atoms with Crippen LogP contribution in [0.4, 0.5) is 0 Å². The lowest BCUT2D eigenvalue weighted by molar-refractivity contribution is 0.0734. The number of halogens is 2. The summed E-state index contributed by atoms with van der Waals surface area (Å²) in [4.78, 5) is 25.4. The van der Waals surface area contributed by atoms with E-state index in [0.29, 0.717) is 38.2 Å². The van der Waals surface area contributed by atoms with Gasteiger partial charge in [-0.15, -0.1) is 0 Å². The number of hydrogen-bond donors (Lipinski definition) is 1. The van der Waals surface area contributed by atoms with Crippen molar-refractivity contribution in [2.24, 2.45) is 5.10 Å². The van der Waals surface area contributed by atoms with Crippen LogP contribution in [0.2, 0.25) is 10.0 Å². The Morgan fingerprint density at radius 1 is 0.800 bits per heavy atom. The van der Waals surface area contributed by atoms with Crippen molar-refractivity contribution in [3.05, 3.63) is 141 Å². The van der Waals surface area contributed by atoms with Gasteiger partial charge in [0.15, 0.2) is 0 Å². The normalized spacial score (nSPS) is 10.9. The first-order valence-electron chi connectivity index (χ1n) is 12.3. The van der Waals surface area contributed by atoms with Gasteiger partial charge in [0.1, 0.15) is 18.1 Å². The molecule has 0 saturated carbocycles. The van der Waals surface area contributed by atoms with Crippen molar-refractivity contribution >= 4 is 52.1 Å². The first-order valence-corrected chi connectivity index (χ1v) is 13.0. The maximum atomic E-state index is 12.7. The number of amides is 1. The third-order valence-electron chi connectivity index (χ3n) is 6.03. The van der Waals surface area contributed by atoms with Gasteiger partial charge in [-0.1, -0.05) is 77.8 Å². The van der Waals surface area contributed by atoms with E-state index in [2.05, 4.69) is 10.5 Å². The second-order valence-electron chi connectivity index (χ2n) is 8.70. The monoisotopic (exact) mass is 568 g/mol. The van der Waals surface area contributed by atoms with E-state index in [0.717, 1.165) is 16.3 Å². The van der Waals surface area contributed by atoms with Gasteiger partial charge in [0, 0.05) is 26.7 Å². The molecule has 5 aromatic rings. The number of benzene rings is 5. The van der Waals surface area contributed by atoms with Crippen molar-refractivity contribution in [1.29, 1.82) is 0 Å². The summed E-state index contributed by atoms with van der Waals surface area (Å²) < 4.78 is 11.5. The van der Waals surface area contributed by atoms with Gasteiger partial charge in [-0.2, -0.15) is 5.10 Å². The molecule has 0 heterocycles. The van der Waals surface area contributed by atoms with Crippen molar-refractivity contribution in [2.45, 2.75) is 6.61 Å². The minimum atomic E-state index is -0.491. The number of nitrogens with one attached hydrogen (secondary N) is 1. The Morgan fingerprint density at radius 3 is 2.33 bits per heavy atom. The van der Waals surface area contributed by atoms with E-state index in [4.69, 9.17) is 32.7 Å². The molecule has 0 aromatic heterocycles. The summed E-state index contributed by atoms with van der Waals surface area (Å²) in [6, 6.07) is 31.8. The SMILES string of the molecule is O=C(N/N=C\c1c(OC(=O)c2ccccc2)ccc2ccccc12)c1ccc(OCc2ccc(Cl)cc2Cl)cc1. The smallest absolute Gasteiger partial charge is 0.343 e. The predicted molar refractivity (Wildman–Crippen MR) is 158 cm³/mol. The first-order chi connectivity index (χ1) is 19.5. The van der Waals surface area contributed by atoms with Crippen LogP contribution in [0.15, 0.2) is 114 Å². The summed E-state index contributed by atoms with van der Waals surface area (Å²) in [6.45, 7) is 0.258. The number of carbonyl (C=O) groups excluding carboxylic acids is 2. The second-order valence-corrected chi connectivity index (χ2v) is 9.55. The van der Waals surface area contributed by atoms with Gasteiger partial charge in [-0.3, -0.25) is 4.79 Å². The van der Waals surface area contributed by atoms with E-state index < -0.39 is 11.9 Å². The van der Waals surface area contributed by atoms with E-state index in [1.54, 1.807) is 72.8 Å². The molecular weight excluding hydrogens is 547 g/mol. The Kier molecular flexibility index (Phi) is 8.40. The van der Waals surface area contributed by atoms with Crippen molar-refractivity contribution in [3.63, 3.8) is 0 Å². The van der Waals surface area contributed by atoms with Crippen molar-refractivity contribution < 1.29 is 19.1 Å². The molecule has 1 amide bonds. The summed E-state index contributed by atoms with van der Waals surface area (Å²) in [5.41, 5.74) is 4.71. The van der Waals surface area contributed by atoms with E-state index >= 15 is 0 Å². The molecule has 0 fully saturated rings. The Hall–Kier alpha value is -4.65. The van der Waals surface area contributed by atoms with Crippen molar-refractivity contribution in [3.8, 4) is 11.5 Å². The molecule has 5 rings (SSSR count). The number of rotatable bonds is 8. The van der Waals surface area contributed by atoms with Crippen LogP contribution >= 0.6 is 23.2 Å². The van der Waals surface area contributed by atoms with Gasteiger partial charge in [0.25, 0.3) is 5.91 Å². The minimum absolute atomic E-state index is 0.258. The molecule has 0 aliphatic carbocycles. The molecule has 5 aromatic carbocycles. The molecular formula is C32H22Cl2N2O4. The molecule has 1 N–H and O–H groups in total. The lowest BCUT2D eigenvalue weighted by Gasteiger charge is -2.11. The average molecular weight is 569 g/mol. The first kappa shape index (κ1) is 26.9. The summed E-state index contributed by atoms with van der Waals surface area (Å²) in [5, 5.41) is 6.98. The van der Waals surface area contributed by atoms with Crippen LogP contribution in [0.1, 0.15) is 31.8 Å². The molecule has 0 bridgehead atoms. The maximum absolute atomic E-state index is 12.7. The second kappa shape index (κ2) is 12.5. The third kappa shape index (κ3) is 6.49. The van der Waals surface area contributed by atoms with Crippen LogP contribution in [0.3, 0.4) is 0 Å². The number of esters is 1. The highest BCUT2D eigenvalue weighted by Gasteiger charge is 2.14. The Morgan fingerprint density at radius 2 is 1.55 bits per heavy atom. The molecule has 0 atom stereocenters. The van der Waals surface area contributed by atoms with E-state index in [9.17, 15) is 9.59 Å². The van der Waals surface area contributed by atoms with E-state index in [1.807, 2.05) is 36.4 Å². The Bertz CT molecular complexity index is 1700. The van der Waals surface area contributed by atoms with Gasteiger partial charge >= 0.3 is 5.97 Å². The molecule has 0 aliphatic rings. The number of fused-ring (bicyclic) bond motifs is 1. The van der Waals surface area contributed by atoms with Crippen LogP contribution in [-0.2, 0) is 6.61 Å². The predicted octanol–water partition coefficient (Wildman–Crippen LogP) is 7.71. The molecule has 198 valence electrons. The summed E-state index contributed by atoms with van der Waals surface area (Å²) in [6.07, 6.45) is 1.47. The van der Waals surface area contributed by atoms with Crippen LogP contribution in [-0.4, -0.2) is 18.1 Å². The summed E-state index contributed by atoms with van der Waals surface area (Å²) in [5.74, 6) is 0.00126. The van der Waals surface area contributed by atoms with E-state index in [-0.39, 0.29) is 6.61 Å². The standard InChI is InChI=1S/C32H22Cl2N2O4/c33-25-14-10-24(29(34)18-25)20-39-26-15-11-22(12-16-26)31(37)36-35-19-28-27-9-5-4-6-21(27)13-17-30(28)40-32(38)23-7-2-1-3-8-23/h1-19H,20H2,(H,36,37)/b35-19-. The Labute approximate surface area is 240 Å². The number of hydrogen-bond acceptors (Lipinski definition) is 5. The van der Waals surface area contributed by atoms with Crippen molar-refractivity contribution in [1.82, 2.24) is 5.43 Å². The minimum Gasteiger partial charge on any atom is -0.489 e. The highest BCUT2D eigenvalue weighted by atomic mass is 35.5. The van der Waals surface area contributed by atoms with Crippen LogP contribution in [0, 0.1) is 0 Å². The van der Waals surface area contributed by atoms with E-state index in [1.165, 1.54) is 6.21 Å². The van der Waals surface area contributed by atoms with Gasteiger partial charge < -0.3 is 9.47 Å². The van der Waals surface area contributed by atoms with Crippen LogP contribution in [0.25, 0.3) is 10.8 Å². The maximum Gasteiger partial charge on any atom is 0.343 e. The van der Waals surface area contributed by atoms with Gasteiger partial charge in [-0.05, 0) is 65.4 Å². The van der Waals surface area contributed by atoms with Gasteiger partial charge in [-0.25, -0.2) is 10.2 Å². The fourth-order valence-electron chi connectivity index (χ4n) is 3.95. The van der Waals surface area contributed by atoms with Crippen LogP contribution < -0.4 is 14.9 Å². The highest BCUT2D eigenvalue weighted by molar-refractivity contribution is 6.35. The van der Waals surface area contributed by atoms with Crippen molar-refractivity contribution in [2.75, 3.05) is 0 Å². The number of carbonyl (C=O) groups is 2. The molecule has 0 unspecified atom stereocenters. The largest absolute Gasteiger partial charge is 0.489 e. The molecule has 0 aliphatic heterocycles. The fourth-order valence-corrected chi connectivity index (χ4v) is 4.42. The number of hydrazone groups is 1. The molecule has 0 spiro atoms. The summed E-state index contributed by atoms with van der Waals surface area (Å²) in [7, 11) is 0. The highest BCUT2D eigenvalue weighted by Crippen LogP contribution is 2.28. The van der Waals surface area contributed by atoms with Gasteiger partial charge in [0.2, 0.25) is 0 Å². The Balaban J connectivity index is 1.27. The molecule has 40 heavy (non-hydrogen) atoms. The quantitative estimate of drug-likeness (QED) is 0.0899. The number of nitrogens with zero attached hydrogens (tertiary/aromatic N) is 1. The molecule has 0 saturated heterocycles. The molecule has 0 radical (unpaired) electrons. The molecule has 8 heteroatoms. The lowest BCUT2D eigenvalue weighted by Crippen LogP contribution is -2.17. The zero-order valence-corrected chi connectivity index (χ0v) is 22.5. The van der Waals surface area contributed by atoms with Crippen LogP contribution in [0.5, 0.6) is 11.5 Å². The molecule has 6 nitrogen and oxygen atoms in total. The average Bonchev–Trinajstić information content (AvgIpc) is 2.98. The summed E-state index contributed by atoms with van der Waals surface area (Å²) >= 11 is 12.1. The van der Waals surface area contributed by atoms with Gasteiger partial charge in [0.05, 0.1) is 11.8 Å². The zero-order valence-electron chi connectivity index (χ0n) is 21.0. The third-order valence-corrected chi connectivity index (χ3v) is 6.62. The topological polar surface area (TPSA) is 77.0 Å². The fraction of sp³-hybridized carbons (Fsp3) is 0.0312.